The Morgan fingerprint density at radius 3 is 2.44 bits per heavy atom. The molecule has 1 aromatic carbocycles. The monoisotopic (exact) mass is 216 g/mol. The van der Waals surface area contributed by atoms with Crippen molar-refractivity contribution in [2.75, 3.05) is 0 Å². The van der Waals surface area contributed by atoms with Crippen LogP contribution in [-0.2, 0) is 11.2 Å². The molecule has 1 aromatic rings. The van der Waals surface area contributed by atoms with Gasteiger partial charge in [-0.2, -0.15) is 0 Å². The second-order valence-corrected chi connectivity index (χ2v) is 5.41. The maximum absolute atomic E-state index is 11.5. The quantitative estimate of drug-likeness (QED) is 0.843. The number of benzene rings is 1. The molecule has 0 saturated heterocycles. The zero-order valence-electron chi connectivity index (χ0n) is 9.23. The van der Waals surface area contributed by atoms with Crippen LogP contribution in [0.15, 0.2) is 30.3 Å². The molecular formula is C14H16O2. The van der Waals surface area contributed by atoms with Gasteiger partial charge in [-0.1, -0.05) is 30.3 Å². The number of carbonyl (C=O) groups is 1. The fourth-order valence-electron chi connectivity index (χ4n) is 3.28. The third-order valence-corrected chi connectivity index (χ3v) is 4.21. The number of carboxylic acids is 1. The third kappa shape index (κ3) is 1.53. The number of hydrogen-bond donors (Lipinski definition) is 1. The van der Waals surface area contributed by atoms with Crippen molar-refractivity contribution in [1.82, 2.24) is 0 Å². The second kappa shape index (κ2) is 3.34. The molecule has 0 heterocycles. The lowest BCUT2D eigenvalue weighted by Crippen LogP contribution is -2.31. The van der Waals surface area contributed by atoms with Gasteiger partial charge < -0.3 is 5.11 Å². The summed E-state index contributed by atoms with van der Waals surface area (Å²) in [6, 6.07) is 10.0. The first-order valence-corrected chi connectivity index (χ1v) is 5.97. The molecule has 2 fully saturated rings. The lowest BCUT2D eigenvalue weighted by atomic mass is 9.77. The van der Waals surface area contributed by atoms with E-state index in [1.807, 2.05) is 30.3 Å². The predicted octanol–water partition coefficient (Wildman–Crippen LogP) is 2.73. The van der Waals surface area contributed by atoms with Crippen LogP contribution in [0.5, 0.6) is 0 Å². The van der Waals surface area contributed by atoms with E-state index in [0.717, 1.165) is 18.4 Å². The fraction of sp³-hybridized carbons (Fsp3) is 0.500. The van der Waals surface area contributed by atoms with E-state index in [9.17, 15) is 9.90 Å². The number of carboxylic acid groups (broad SMARTS) is 1. The smallest absolute Gasteiger partial charge is 0.309 e. The first kappa shape index (κ1) is 9.88. The van der Waals surface area contributed by atoms with Crippen molar-refractivity contribution in [1.29, 1.82) is 0 Å². The van der Waals surface area contributed by atoms with Gasteiger partial charge in [0, 0.05) is 0 Å². The largest absolute Gasteiger partial charge is 0.481 e. The van der Waals surface area contributed by atoms with Gasteiger partial charge in [0.2, 0.25) is 0 Å². The van der Waals surface area contributed by atoms with E-state index >= 15 is 0 Å². The lowest BCUT2D eigenvalue weighted by Gasteiger charge is -2.25. The van der Waals surface area contributed by atoms with E-state index in [1.54, 1.807) is 0 Å². The number of fused-ring (bicyclic) bond motifs is 1. The summed E-state index contributed by atoms with van der Waals surface area (Å²) in [6.07, 6.45) is 3.75. The van der Waals surface area contributed by atoms with Crippen molar-refractivity contribution >= 4 is 5.97 Å². The van der Waals surface area contributed by atoms with Crippen LogP contribution in [0, 0.1) is 17.3 Å². The second-order valence-electron chi connectivity index (χ2n) is 5.41. The SMILES string of the molecule is O=C(O)C1(Cc2ccccc2)CC2CC2C1. The molecule has 2 heteroatoms. The van der Waals surface area contributed by atoms with E-state index in [0.29, 0.717) is 18.3 Å². The van der Waals surface area contributed by atoms with Crippen molar-refractivity contribution < 1.29 is 9.90 Å². The van der Waals surface area contributed by atoms with Gasteiger partial charge in [0.25, 0.3) is 0 Å². The minimum absolute atomic E-state index is 0.463. The predicted molar refractivity (Wildman–Crippen MR) is 61.0 cm³/mol. The van der Waals surface area contributed by atoms with Crippen molar-refractivity contribution in [3.8, 4) is 0 Å². The maximum atomic E-state index is 11.5. The molecule has 2 aliphatic carbocycles. The normalized spacial score (nSPS) is 35.8. The Morgan fingerprint density at radius 1 is 1.25 bits per heavy atom. The summed E-state index contributed by atoms with van der Waals surface area (Å²) in [5.41, 5.74) is 0.695. The third-order valence-electron chi connectivity index (χ3n) is 4.21. The Hall–Kier alpha value is -1.31. The molecule has 2 unspecified atom stereocenters. The van der Waals surface area contributed by atoms with Gasteiger partial charge in [0.15, 0.2) is 0 Å². The molecule has 2 saturated carbocycles. The summed E-state index contributed by atoms with van der Waals surface area (Å²) in [7, 11) is 0. The summed E-state index contributed by atoms with van der Waals surface area (Å²) in [6.45, 7) is 0. The maximum Gasteiger partial charge on any atom is 0.309 e. The van der Waals surface area contributed by atoms with E-state index in [-0.39, 0.29) is 0 Å². The van der Waals surface area contributed by atoms with Crippen molar-refractivity contribution in [2.45, 2.75) is 25.7 Å². The highest BCUT2D eigenvalue weighted by Crippen LogP contribution is 2.60. The van der Waals surface area contributed by atoms with Crippen LogP contribution in [0.2, 0.25) is 0 Å². The zero-order chi connectivity index (χ0) is 11.2. The van der Waals surface area contributed by atoms with Crippen molar-refractivity contribution in [3.05, 3.63) is 35.9 Å². The molecule has 0 amide bonds. The lowest BCUT2D eigenvalue weighted by molar-refractivity contribution is -0.149. The Morgan fingerprint density at radius 2 is 1.88 bits per heavy atom. The van der Waals surface area contributed by atoms with Gasteiger partial charge in [-0.25, -0.2) is 0 Å². The summed E-state index contributed by atoms with van der Waals surface area (Å²) in [5.74, 6) is 0.822. The molecular weight excluding hydrogens is 200 g/mol. The van der Waals surface area contributed by atoms with Gasteiger partial charge >= 0.3 is 5.97 Å². The molecule has 0 radical (unpaired) electrons. The molecule has 84 valence electrons. The Kier molecular flexibility index (Phi) is 2.06. The highest BCUT2D eigenvalue weighted by molar-refractivity contribution is 5.76. The molecule has 0 spiro atoms. The van der Waals surface area contributed by atoms with Gasteiger partial charge in [-0.3, -0.25) is 4.79 Å². The fourth-order valence-corrected chi connectivity index (χ4v) is 3.28. The number of rotatable bonds is 3. The topological polar surface area (TPSA) is 37.3 Å². The minimum atomic E-state index is -0.594. The van der Waals surface area contributed by atoms with Gasteiger partial charge in [-0.15, -0.1) is 0 Å². The minimum Gasteiger partial charge on any atom is -0.481 e. The summed E-state index contributed by atoms with van der Waals surface area (Å²) in [5, 5.41) is 9.46. The number of hydrogen-bond acceptors (Lipinski definition) is 1. The van der Waals surface area contributed by atoms with Crippen LogP contribution in [0.3, 0.4) is 0 Å². The molecule has 0 aromatic heterocycles. The van der Waals surface area contributed by atoms with Crippen molar-refractivity contribution in [2.24, 2.45) is 17.3 Å². The summed E-state index contributed by atoms with van der Waals surface area (Å²) >= 11 is 0. The van der Waals surface area contributed by atoms with Crippen LogP contribution in [0.25, 0.3) is 0 Å². The standard InChI is InChI=1S/C14H16O2/c15-13(16)14(8-11-6-12(11)9-14)7-10-4-2-1-3-5-10/h1-5,11-12H,6-9H2,(H,15,16). The molecule has 2 atom stereocenters. The van der Waals surface area contributed by atoms with Crippen LogP contribution < -0.4 is 0 Å². The first-order valence-electron chi connectivity index (χ1n) is 5.97. The average Bonchev–Trinajstić information content (AvgIpc) is 2.88. The molecule has 1 N–H and O–H groups in total. The average molecular weight is 216 g/mol. The van der Waals surface area contributed by atoms with Gasteiger partial charge in [0.05, 0.1) is 5.41 Å². The van der Waals surface area contributed by atoms with Gasteiger partial charge in [-0.05, 0) is 43.1 Å². The van der Waals surface area contributed by atoms with Crippen LogP contribution in [0.4, 0.5) is 0 Å². The molecule has 3 rings (SSSR count). The Balaban J connectivity index is 1.83. The van der Waals surface area contributed by atoms with Crippen LogP contribution in [0.1, 0.15) is 24.8 Å². The molecule has 16 heavy (non-hydrogen) atoms. The summed E-state index contributed by atoms with van der Waals surface area (Å²) in [4.78, 5) is 11.5. The van der Waals surface area contributed by atoms with E-state index in [2.05, 4.69) is 0 Å². The Labute approximate surface area is 95.3 Å². The highest BCUT2D eigenvalue weighted by atomic mass is 16.4. The van der Waals surface area contributed by atoms with E-state index in [4.69, 9.17) is 0 Å². The van der Waals surface area contributed by atoms with Crippen LogP contribution >= 0.6 is 0 Å². The molecule has 2 aliphatic rings. The molecule has 0 bridgehead atoms. The van der Waals surface area contributed by atoms with E-state index in [1.165, 1.54) is 6.42 Å². The van der Waals surface area contributed by atoms with E-state index < -0.39 is 11.4 Å². The molecule has 0 aliphatic heterocycles. The summed E-state index contributed by atoms with van der Waals surface area (Å²) < 4.78 is 0. The van der Waals surface area contributed by atoms with Crippen LogP contribution in [-0.4, -0.2) is 11.1 Å². The van der Waals surface area contributed by atoms with Gasteiger partial charge in [0.1, 0.15) is 0 Å². The molecule has 2 nitrogen and oxygen atoms in total. The van der Waals surface area contributed by atoms with Crippen molar-refractivity contribution in [3.63, 3.8) is 0 Å². The highest BCUT2D eigenvalue weighted by Gasteiger charge is 2.57. The zero-order valence-corrected chi connectivity index (χ0v) is 9.23. The number of aliphatic carboxylic acids is 1. The Bertz CT molecular complexity index is 400. The first-order chi connectivity index (χ1) is 7.70.